The minimum Gasteiger partial charge on any atom is -0.352 e. The molecule has 0 aliphatic carbocycles. The summed E-state index contributed by atoms with van der Waals surface area (Å²) < 4.78 is 49.8. The molecule has 32 heavy (non-hydrogen) atoms. The average Bonchev–Trinajstić information content (AvgIpc) is 3.17. The summed E-state index contributed by atoms with van der Waals surface area (Å²) in [6.45, 7) is 2.11. The average molecular weight is 495 g/mol. The first-order valence-electron chi connectivity index (χ1n) is 9.45. The molecule has 0 atom stereocenters. The lowest BCUT2D eigenvalue weighted by Gasteiger charge is -2.06. The number of carbonyl (C=O) groups excluding carboxylic acids is 1. The first kappa shape index (κ1) is 23.9. The van der Waals surface area contributed by atoms with E-state index in [1.807, 2.05) is 6.92 Å². The number of aromatic nitrogens is 1. The van der Waals surface area contributed by atoms with E-state index in [1.54, 1.807) is 29.6 Å². The van der Waals surface area contributed by atoms with E-state index < -0.39 is 20.0 Å². The molecular weight excluding hydrogens is 472 g/mol. The molecular formula is C20H22N4O5S3. The van der Waals surface area contributed by atoms with E-state index in [2.05, 4.69) is 15.0 Å². The molecule has 0 saturated carbocycles. The molecule has 1 aromatic heterocycles. The maximum atomic E-state index is 12.4. The third-order valence-corrected chi connectivity index (χ3v) is 7.67. The first-order chi connectivity index (χ1) is 15.0. The predicted octanol–water partition coefficient (Wildman–Crippen LogP) is 2.15. The molecule has 3 rings (SSSR count). The number of nitrogens with two attached hydrogens (primary N) is 1. The molecule has 0 unspecified atom stereocenters. The molecule has 0 fully saturated rings. The fraction of sp³-hybridized carbons (Fsp3) is 0.200. The van der Waals surface area contributed by atoms with E-state index in [4.69, 9.17) is 5.14 Å². The summed E-state index contributed by atoms with van der Waals surface area (Å²) in [6, 6.07) is 12.4. The largest absolute Gasteiger partial charge is 0.352 e. The summed E-state index contributed by atoms with van der Waals surface area (Å²) in [5.41, 5.74) is 2.29. The van der Waals surface area contributed by atoms with Gasteiger partial charge in [0.1, 0.15) is 0 Å². The number of anilines is 1. The molecule has 0 spiro atoms. The molecule has 1 heterocycles. The monoisotopic (exact) mass is 494 g/mol. The van der Waals surface area contributed by atoms with Crippen LogP contribution in [0.25, 0.3) is 0 Å². The van der Waals surface area contributed by atoms with Crippen molar-refractivity contribution in [2.75, 3.05) is 4.72 Å². The van der Waals surface area contributed by atoms with Gasteiger partial charge in [-0.25, -0.2) is 27.0 Å². The zero-order chi connectivity index (χ0) is 23.4. The Kier molecular flexibility index (Phi) is 7.29. The fourth-order valence-electron chi connectivity index (χ4n) is 2.69. The second-order valence-electron chi connectivity index (χ2n) is 7.03. The van der Waals surface area contributed by atoms with Gasteiger partial charge in [0.25, 0.3) is 10.0 Å². The van der Waals surface area contributed by atoms with E-state index in [9.17, 15) is 21.6 Å². The summed E-state index contributed by atoms with van der Waals surface area (Å²) in [6.07, 6.45) is 0.516. The Bertz CT molecular complexity index is 1300. The number of carbonyl (C=O) groups is 1. The Morgan fingerprint density at radius 2 is 1.62 bits per heavy atom. The van der Waals surface area contributed by atoms with Gasteiger partial charge in [-0.3, -0.25) is 9.52 Å². The zero-order valence-corrected chi connectivity index (χ0v) is 19.6. The molecule has 0 bridgehead atoms. The Morgan fingerprint density at radius 3 is 2.25 bits per heavy atom. The van der Waals surface area contributed by atoms with Gasteiger partial charge in [-0.2, -0.15) is 0 Å². The van der Waals surface area contributed by atoms with Crippen LogP contribution < -0.4 is 15.2 Å². The number of sulfonamides is 2. The summed E-state index contributed by atoms with van der Waals surface area (Å²) in [5, 5.41) is 9.73. The van der Waals surface area contributed by atoms with Gasteiger partial charge in [0.2, 0.25) is 15.9 Å². The summed E-state index contributed by atoms with van der Waals surface area (Å²) in [7, 11) is -7.48. The van der Waals surface area contributed by atoms with Crippen LogP contribution in [0.4, 0.5) is 5.13 Å². The van der Waals surface area contributed by atoms with Gasteiger partial charge in [-0.15, -0.1) is 11.3 Å². The molecule has 0 radical (unpaired) electrons. The standard InChI is InChI=1S/C20H22N4O5S3/c1-14-2-7-18(8-3-14)32(28,29)24-20-23-16(13-30-20)6-11-19(25)22-12-15-4-9-17(10-5-15)31(21,26)27/h2-5,7-10,13H,6,11-12H2,1H3,(H,22,25)(H,23,24)(H2,21,26,27). The van der Waals surface area contributed by atoms with Crippen molar-refractivity contribution in [2.24, 2.45) is 5.14 Å². The van der Waals surface area contributed by atoms with Crippen LogP contribution in [0.5, 0.6) is 0 Å². The second-order valence-corrected chi connectivity index (χ2v) is 11.1. The minimum absolute atomic E-state index is 0.00455. The summed E-state index contributed by atoms with van der Waals surface area (Å²) in [4.78, 5) is 16.5. The SMILES string of the molecule is Cc1ccc(S(=O)(=O)Nc2nc(CCC(=O)NCc3ccc(S(N)(=O)=O)cc3)cs2)cc1. The van der Waals surface area contributed by atoms with Crippen LogP contribution in [0.2, 0.25) is 0 Å². The quantitative estimate of drug-likeness (QED) is 0.415. The number of benzene rings is 2. The number of amides is 1. The molecule has 0 aliphatic rings. The smallest absolute Gasteiger partial charge is 0.263 e. The third-order valence-electron chi connectivity index (χ3n) is 4.45. The number of primary sulfonamides is 1. The predicted molar refractivity (Wildman–Crippen MR) is 122 cm³/mol. The molecule has 4 N–H and O–H groups in total. The number of rotatable bonds is 9. The number of nitrogens with one attached hydrogen (secondary N) is 2. The first-order valence-corrected chi connectivity index (χ1v) is 13.4. The Morgan fingerprint density at radius 1 is 1.00 bits per heavy atom. The van der Waals surface area contributed by atoms with Gasteiger partial charge in [0.05, 0.1) is 15.5 Å². The summed E-state index contributed by atoms with van der Waals surface area (Å²) in [5.74, 6) is -0.213. The van der Waals surface area contributed by atoms with E-state index in [-0.39, 0.29) is 33.8 Å². The molecule has 0 aliphatic heterocycles. The van der Waals surface area contributed by atoms with Crippen LogP contribution in [0.15, 0.2) is 63.7 Å². The number of aryl methyl sites for hydroxylation is 2. The number of nitrogens with zero attached hydrogens (tertiary/aromatic N) is 1. The molecule has 2 aromatic carbocycles. The van der Waals surface area contributed by atoms with Crippen LogP contribution in [0, 0.1) is 6.92 Å². The number of thiazole rings is 1. The van der Waals surface area contributed by atoms with Gasteiger partial charge in [-0.1, -0.05) is 29.8 Å². The van der Waals surface area contributed by atoms with E-state index in [0.29, 0.717) is 12.1 Å². The molecule has 170 valence electrons. The third kappa shape index (κ3) is 6.60. The number of hydrogen-bond donors (Lipinski definition) is 3. The zero-order valence-electron chi connectivity index (χ0n) is 17.1. The van der Waals surface area contributed by atoms with Crippen LogP contribution in [-0.2, 0) is 37.8 Å². The van der Waals surface area contributed by atoms with E-state index in [0.717, 1.165) is 22.5 Å². The Labute approximate surface area is 190 Å². The van der Waals surface area contributed by atoms with Crippen molar-refractivity contribution in [3.8, 4) is 0 Å². The van der Waals surface area contributed by atoms with Gasteiger partial charge in [0, 0.05) is 18.3 Å². The highest BCUT2D eigenvalue weighted by atomic mass is 32.2. The van der Waals surface area contributed by atoms with Gasteiger partial charge in [-0.05, 0) is 43.2 Å². The minimum atomic E-state index is -3.75. The molecule has 1 amide bonds. The molecule has 9 nitrogen and oxygen atoms in total. The van der Waals surface area contributed by atoms with E-state index in [1.165, 1.54) is 24.3 Å². The Hall–Kier alpha value is -2.80. The molecule has 12 heteroatoms. The fourth-order valence-corrected chi connectivity index (χ4v) is 5.20. The van der Waals surface area contributed by atoms with Crippen molar-refractivity contribution < 1.29 is 21.6 Å². The highest BCUT2D eigenvalue weighted by molar-refractivity contribution is 7.93. The van der Waals surface area contributed by atoms with Gasteiger partial charge < -0.3 is 5.32 Å². The van der Waals surface area contributed by atoms with Crippen molar-refractivity contribution >= 4 is 42.4 Å². The topological polar surface area (TPSA) is 148 Å². The Balaban J connectivity index is 1.49. The second kappa shape index (κ2) is 9.77. The molecule has 0 saturated heterocycles. The normalized spacial score (nSPS) is 11.8. The van der Waals surface area contributed by atoms with Crippen molar-refractivity contribution in [3.63, 3.8) is 0 Å². The summed E-state index contributed by atoms with van der Waals surface area (Å²) >= 11 is 1.15. The number of hydrogen-bond acceptors (Lipinski definition) is 7. The van der Waals surface area contributed by atoms with Crippen molar-refractivity contribution in [1.29, 1.82) is 0 Å². The van der Waals surface area contributed by atoms with Crippen molar-refractivity contribution in [2.45, 2.75) is 36.1 Å². The van der Waals surface area contributed by atoms with Gasteiger partial charge in [0.15, 0.2) is 5.13 Å². The maximum Gasteiger partial charge on any atom is 0.263 e. The van der Waals surface area contributed by atoms with Crippen LogP contribution in [0.3, 0.4) is 0 Å². The van der Waals surface area contributed by atoms with Crippen LogP contribution in [0.1, 0.15) is 23.2 Å². The molecule has 3 aromatic rings. The highest BCUT2D eigenvalue weighted by Crippen LogP contribution is 2.21. The van der Waals surface area contributed by atoms with Crippen molar-refractivity contribution in [3.05, 3.63) is 70.7 Å². The van der Waals surface area contributed by atoms with Crippen LogP contribution >= 0.6 is 11.3 Å². The van der Waals surface area contributed by atoms with Gasteiger partial charge >= 0.3 is 0 Å². The lowest BCUT2D eigenvalue weighted by molar-refractivity contribution is -0.121. The lowest BCUT2D eigenvalue weighted by Crippen LogP contribution is -2.23. The van der Waals surface area contributed by atoms with Crippen molar-refractivity contribution in [1.82, 2.24) is 10.3 Å². The van der Waals surface area contributed by atoms with E-state index >= 15 is 0 Å². The van der Waals surface area contributed by atoms with Crippen LogP contribution in [-0.4, -0.2) is 27.7 Å². The maximum absolute atomic E-state index is 12.4. The highest BCUT2D eigenvalue weighted by Gasteiger charge is 2.16. The lowest BCUT2D eigenvalue weighted by atomic mass is 10.2.